The average Bonchev–Trinajstić information content (AvgIpc) is 2.89. The molecule has 0 saturated carbocycles. The molecule has 2 N–H and O–H groups in total. The fourth-order valence-electron chi connectivity index (χ4n) is 2.62. The summed E-state index contributed by atoms with van der Waals surface area (Å²) in [6.07, 6.45) is 2.01. The smallest absolute Gasteiger partial charge is 0.330 e. The number of aromatic nitrogens is 2. The van der Waals surface area contributed by atoms with Crippen molar-refractivity contribution in [1.29, 1.82) is 0 Å². The van der Waals surface area contributed by atoms with E-state index < -0.39 is 4.92 Å². The topological polar surface area (TPSA) is 96.2 Å². The summed E-state index contributed by atoms with van der Waals surface area (Å²) in [6, 6.07) is 5.91. The van der Waals surface area contributed by atoms with Crippen molar-refractivity contribution < 1.29 is 9.66 Å². The van der Waals surface area contributed by atoms with E-state index in [0.29, 0.717) is 6.54 Å². The van der Waals surface area contributed by atoms with Gasteiger partial charge >= 0.3 is 5.69 Å². The number of nitrogen functional groups attached to an aromatic ring is 1. The molecule has 3 rings (SSSR count). The van der Waals surface area contributed by atoms with Gasteiger partial charge in [-0.2, -0.15) is 5.10 Å². The minimum Gasteiger partial charge on any atom is -0.487 e. The van der Waals surface area contributed by atoms with E-state index >= 15 is 0 Å². The van der Waals surface area contributed by atoms with Crippen LogP contribution in [0, 0.1) is 10.1 Å². The number of para-hydroxylation sites is 1. The number of anilines is 1. The van der Waals surface area contributed by atoms with Gasteiger partial charge in [0.15, 0.2) is 0 Å². The van der Waals surface area contributed by atoms with E-state index in [1.807, 2.05) is 32.0 Å². The van der Waals surface area contributed by atoms with Crippen LogP contribution in [0.1, 0.15) is 25.0 Å². The van der Waals surface area contributed by atoms with Gasteiger partial charge in [-0.05, 0) is 19.4 Å². The lowest BCUT2D eigenvalue weighted by Gasteiger charge is -2.18. The summed E-state index contributed by atoms with van der Waals surface area (Å²) in [4.78, 5) is 10.3. The molecule has 0 aliphatic carbocycles. The normalized spacial score (nSPS) is 15.5. The zero-order valence-corrected chi connectivity index (χ0v) is 11.9. The van der Waals surface area contributed by atoms with Crippen LogP contribution in [-0.4, -0.2) is 20.3 Å². The van der Waals surface area contributed by atoms with Crippen LogP contribution < -0.4 is 10.5 Å². The fraction of sp³-hybridized carbons (Fsp3) is 0.357. The quantitative estimate of drug-likeness (QED) is 0.689. The van der Waals surface area contributed by atoms with Crippen LogP contribution in [0.2, 0.25) is 0 Å². The summed E-state index contributed by atoms with van der Waals surface area (Å²) in [7, 11) is 0. The highest BCUT2D eigenvalue weighted by Gasteiger charge is 2.31. The zero-order chi connectivity index (χ0) is 15.2. The summed E-state index contributed by atoms with van der Waals surface area (Å²) in [5.74, 6) is 0.884. The molecule has 0 fully saturated rings. The highest BCUT2D eigenvalue weighted by molar-refractivity contribution is 5.52. The molecule has 1 aliphatic heterocycles. The predicted octanol–water partition coefficient (Wildman–Crippen LogP) is 2.14. The van der Waals surface area contributed by atoms with Crippen LogP contribution >= 0.6 is 0 Å². The Balaban J connectivity index is 1.94. The molecule has 110 valence electrons. The molecule has 7 nitrogen and oxygen atoms in total. The summed E-state index contributed by atoms with van der Waals surface area (Å²) in [5, 5.41) is 14.8. The molecule has 1 aromatic carbocycles. The molecule has 0 unspecified atom stereocenters. The standard InChI is InChI=1S/C14H16N4O3/c1-14(2)6-9-4-3-5-10(12(9)21-14)8-17-13(15)11(7-16-17)18(19)20/h3-5,7H,6,8,15H2,1-2H3. The van der Waals surface area contributed by atoms with Crippen molar-refractivity contribution in [2.24, 2.45) is 0 Å². The highest BCUT2D eigenvalue weighted by Crippen LogP contribution is 2.38. The Labute approximate surface area is 121 Å². The van der Waals surface area contributed by atoms with E-state index in [1.54, 1.807) is 0 Å². The molecule has 2 aromatic rings. The van der Waals surface area contributed by atoms with Gasteiger partial charge in [-0.15, -0.1) is 0 Å². The maximum atomic E-state index is 10.8. The van der Waals surface area contributed by atoms with Crippen molar-refractivity contribution in [3.8, 4) is 5.75 Å². The van der Waals surface area contributed by atoms with E-state index in [2.05, 4.69) is 5.10 Å². The summed E-state index contributed by atoms with van der Waals surface area (Å²) < 4.78 is 7.40. The van der Waals surface area contributed by atoms with Crippen molar-refractivity contribution in [2.45, 2.75) is 32.4 Å². The number of hydrogen-bond donors (Lipinski definition) is 1. The Morgan fingerprint density at radius 2 is 2.29 bits per heavy atom. The van der Waals surface area contributed by atoms with E-state index in [-0.39, 0.29) is 17.1 Å². The van der Waals surface area contributed by atoms with Crippen LogP contribution in [0.15, 0.2) is 24.4 Å². The van der Waals surface area contributed by atoms with Gasteiger partial charge in [0.25, 0.3) is 0 Å². The van der Waals surface area contributed by atoms with Gasteiger partial charge in [0.2, 0.25) is 5.82 Å². The Kier molecular flexibility index (Phi) is 2.86. The average molecular weight is 288 g/mol. The van der Waals surface area contributed by atoms with Crippen LogP contribution in [0.5, 0.6) is 5.75 Å². The third-order valence-corrected chi connectivity index (χ3v) is 3.55. The van der Waals surface area contributed by atoms with E-state index in [4.69, 9.17) is 10.5 Å². The third-order valence-electron chi connectivity index (χ3n) is 3.55. The molecule has 7 heteroatoms. The van der Waals surface area contributed by atoms with Crippen molar-refractivity contribution in [2.75, 3.05) is 5.73 Å². The number of nitrogens with zero attached hydrogens (tertiary/aromatic N) is 3. The SMILES string of the molecule is CC1(C)Cc2cccc(Cn3ncc([N+](=O)[O-])c3N)c2O1. The Hall–Kier alpha value is -2.57. The summed E-state index contributed by atoms with van der Waals surface area (Å²) in [5.41, 5.74) is 7.41. The number of nitrogens with two attached hydrogens (primary N) is 1. The summed E-state index contributed by atoms with van der Waals surface area (Å²) >= 11 is 0. The van der Waals surface area contributed by atoms with Crippen LogP contribution in [0.25, 0.3) is 0 Å². The molecule has 1 aromatic heterocycles. The van der Waals surface area contributed by atoms with Gasteiger partial charge in [-0.3, -0.25) is 10.1 Å². The Bertz CT molecular complexity index is 721. The fourth-order valence-corrected chi connectivity index (χ4v) is 2.62. The van der Waals surface area contributed by atoms with Gasteiger partial charge in [-0.1, -0.05) is 18.2 Å². The number of hydrogen-bond acceptors (Lipinski definition) is 5. The Morgan fingerprint density at radius 3 is 2.95 bits per heavy atom. The van der Waals surface area contributed by atoms with Crippen LogP contribution in [-0.2, 0) is 13.0 Å². The van der Waals surface area contributed by atoms with Gasteiger partial charge in [0.1, 0.15) is 17.5 Å². The minimum absolute atomic E-state index is 0.0508. The van der Waals surface area contributed by atoms with Gasteiger partial charge in [0.05, 0.1) is 11.5 Å². The first-order valence-corrected chi connectivity index (χ1v) is 6.63. The van der Waals surface area contributed by atoms with E-state index in [9.17, 15) is 10.1 Å². The molecule has 2 heterocycles. The second kappa shape index (κ2) is 4.47. The first kappa shape index (κ1) is 13.4. The number of ether oxygens (including phenoxy) is 1. The van der Waals surface area contributed by atoms with Crippen molar-refractivity contribution in [1.82, 2.24) is 9.78 Å². The molecule has 0 radical (unpaired) electrons. The van der Waals surface area contributed by atoms with Crippen LogP contribution in [0.4, 0.5) is 11.5 Å². The largest absolute Gasteiger partial charge is 0.487 e. The van der Waals surface area contributed by atoms with Gasteiger partial charge < -0.3 is 10.5 Å². The predicted molar refractivity (Wildman–Crippen MR) is 77.2 cm³/mol. The summed E-state index contributed by atoms with van der Waals surface area (Å²) in [6.45, 7) is 4.41. The monoisotopic (exact) mass is 288 g/mol. The number of fused-ring (bicyclic) bond motifs is 1. The lowest BCUT2D eigenvalue weighted by atomic mass is 10.0. The maximum absolute atomic E-state index is 10.8. The molecule has 21 heavy (non-hydrogen) atoms. The molecule has 0 saturated heterocycles. The first-order valence-electron chi connectivity index (χ1n) is 6.63. The molecule has 1 aliphatic rings. The number of rotatable bonds is 3. The molecular weight excluding hydrogens is 272 g/mol. The first-order chi connectivity index (χ1) is 9.87. The van der Waals surface area contributed by atoms with Gasteiger partial charge in [-0.25, -0.2) is 4.68 Å². The lowest BCUT2D eigenvalue weighted by Crippen LogP contribution is -2.25. The highest BCUT2D eigenvalue weighted by atomic mass is 16.6. The van der Waals surface area contributed by atoms with Crippen LogP contribution in [0.3, 0.4) is 0 Å². The van der Waals surface area contributed by atoms with E-state index in [0.717, 1.165) is 23.3 Å². The van der Waals surface area contributed by atoms with Crippen molar-refractivity contribution in [3.63, 3.8) is 0 Å². The molecule has 0 spiro atoms. The molecule has 0 atom stereocenters. The van der Waals surface area contributed by atoms with Gasteiger partial charge in [0, 0.05) is 12.0 Å². The Morgan fingerprint density at radius 1 is 1.52 bits per heavy atom. The van der Waals surface area contributed by atoms with E-state index in [1.165, 1.54) is 10.9 Å². The van der Waals surface area contributed by atoms with Crippen molar-refractivity contribution >= 4 is 11.5 Å². The second-order valence-electron chi connectivity index (χ2n) is 5.77. The molecular formula is C14H16N4O3. The number of benzene rings is 1. The minimum atomic E-state index is -0.534. The van der Waals surface area contributed by atoms with Crippen molar-refractivity contribution in [3.05, 3.63) is 45.6 Å². The number of nitro groups is 1. The molecule has 0 amide bonds. The third kappa shape index (κ3) is 2.31. The second-order valence-corrected chi connectivity index (χ2v) is 5.77. The zero-order valence-electron chi connectivity index (χ0n) is 11.9. The maximum Gasteiger partial charge on any atom is 0.330 e. The lowest BCUT2D eigenvalue weighted by molar-refractivity contribution is -0.384. The molecule has 0 bridgehead atoms.